The lowest BCUT2D eigenvalue weighted by molar-refractivity contribution is -0.137. The summed E-state index contributed by atoms with van der Waals surface area (Å²) < 4.78 is 33.4. The lowest BCUT2D eigenvalue weighted by atomic mass is 9.85. The van der Waals surface area contributed by atoms with Crippen LogP contribution in [0.25, 0.3) is 0 Å². The van der Waals surface area contributed by atoms with Gasteiger partial charge in [-0.05, 0) is 50.4 Å². The van der Waals surface area contributed by atoms with E-state index in [2.05, 4.69) is 9.47 Å². The van der Waals surface area contributed by atoms with Gasteiger partial charge in [-0.2, -0.15) is 0 Å². The molecule has 1 saturated carbocycles. The molecular formula is C20H35F2O5P. The molecule has 0 aromatic rings. The maximum atomic E-state index is 14.0. The van der Waals surface area contributed by atoms with Crippen LogP contribution in [-0.4, -0.2) is 45.5 Å². The minimum absolute atomic E-state index is 0.0303. The first-order valence-electron chi connectivity index (χ1n) is 10.2. The number of unbranched alkanes of at least 4 members (excludes halogenated alkanes) is 2. The Morgan fingerprint density at radius 3 is 2.64 bits per heavy atom. The number of carbonyl (C=O) groups is 1. The van der Waals surface area contributed by atoms with E-state index >= 15 is 0 Å². The first-order valence-corrected chi connectivity index (χ1v) is 10.7. The monoisotopic (exact) mass is 424 g/mol. The van der Waals surface area contributed by atoms with Gasteiger partial charge in [0.2, 0.25) is 0 Å². The SMILES string of the molecule is CCCCC(F)(F)C(O)CC[C@H]1C(OP)CC(O)C1C/C=C\CCCC(=O)O. The highest BCUT2D eigenvalue weighted by atomic mass is 31.0. The highest BCUT2D eigenvalue weighted by Crippen LogP contribution is 2.41. The molecular weight excluding hydrogens is 389 g/mol. The van der Waals surface area contributed by atoms with Crippen LogP contribution in [-0.2, 0) is 9.32 Å². The molecule has 28 heavy (non-hydrogen) atoms. The highest BCUT2D eigenvalue weighted by molar-refractivity contribution is 7.09. The molecule has 1 rings (SSSR count). The molecule has 5 nitrogen and oxygen atoms in total. The molecule has 0 aromatic heterocycles. The quantitative estimate of drug-likeness (QED) is 0.220. The Morgan fingerprint density at radius 1 is 1.32 bits per heavy atom. The van der Waals surface area contributed by atoms with Gasteiger partial charge >= 0.3 is 5.97 Å². The van der Waals surface area contributed by atoms with Gasteiger partial charge in [-0.3, -0.25) is 4.79 Å². The molecule has 0 spiro atoms. The molecule has 3 N–H and O–H groups in total. The van der Waals surface area contributed by atoms with Gasteiger partial charge in [0.1, 0.15) is 6.10 Å². The molecule has 1 aliphatic carbocycles. The second-order valence-electron chi connectivity index (χ2n) is 7.76. The van der Waals surface area contributed by atoms with E-state index in [1.54, 1.807) is 0 Å². The maximum absolute atomic E-state index is 14.0. The predicted molar refractivity (Wildman–Crippen MR) is 107 cm³/mol. The zero-order valence-corrected chi connectivity index (χ0v) is 17.8. The van der Waals surface area contributed by atoms with E-state index in [4.69, 9.17) is 9.63 Å². The third-order valence-corrected chi connectivity index (χ3v) is 5.98. The van der Waals surface area contributed by atoms with Crippen molar-refractivity contribution in [1.82, 2.24) is 0 Å². The number of rotatable bonds is 14. The zero-order chi connectivity index (χ0) is 21.2. The van der Waals surface area contributed by atoms with Crippen LogP contribution in [0, 0.1) is 11.8 Å². The van der Waals surface area contributed by atoms with Crippen LogP contribution in [0.1, 0.15) is 71.1 Å². The molecule has 164 valence electrons. The molecule has 0 bridgehead atoms. The van der Waals surface area contributed by atoms with Gasteiger partial charge in [-0.25, -0.2) is 8.78 Å². The smallest absolute Gasteiger partial charge is 0.303 e. The molecule has 0 aromatic carbocycles. The van der Waals surface area contributed by atoms with E-state index in [-0.39, 0.29) is 37.2 Å². The first-order chi connectivity index (χ1) is 13.2. The average Bonchev–Trinajstić information content (AvgIpc) is 2.95. The van der Waals surface area contributed by atoms with E-state index in [1.165, 1.54) is 0 Å². The van der Waals surface area contributed by atoms with Crippen molar-refractivity contribution in [2.24, 2.45) is 11.8 Å². The summed E-state index contributed by atoms with van der Waals surface area (Å²) in [6.07, 6.45) is 4.66. The van der Waals surface area contributed by atoms with Crippen molar-refractivity contribution < 1.29 is 33.4 Å². The van der Waals surface area contributed by atoms with Crippen molar-refractivity contribution in [1.29, 1.82) is 0 Å². The molecule has 8 heteroatoms. The minimum Gasteiger partial charge on any atom is -0.481 e. The molecule has 0 heterocycles. The topological polar surface area (TPSA) is 87.0 Å². The van der Waals surface area contributed by atoms with Gasteiger partial charge in [0, 0.05) is 28.7 Å². The summed E-state index contributed by atoms with van der Waals surface area (Å²) in [6, 6.07) is 0. The molecule has 0 aliphatic heterocycles. The molecule has 0 amide bonds. The number of aliphatic hydroxyl groups is 2. The zero-order valence-electron chi connectivity index (χ0n) is 16.6. The number of carboxylic acids is 1. The fourth-order valence-corrected chi connectivity index (χ4v) is 4.23. The number of hydrogen-bond donors (Lipinski definition) is 3. The first kappa shape index (κ1) is 25.4. The van der Waals surface area contributed by atoms with Crippen molar-refractivity contribution >= 4 is 15.4 Å². The van der Waals surface area contributed by atoms with Crippen molar-refractivity contribution in [2.45, 2.75) is 95.4 Å². The lowest BCUT2D eigenvalue weighted by Crippen LogP contribution is -2.34. The van der Waals surface area contributed by atoms with E-state index in [0.717, 1.165) is 0 Å². The van der Waals surface area contributed by atoms with Crippen molar-refractivity contribution in [3.05, 3.63) is 12.2 Å². The molecule has 6 atom stereocenters. The largest absolute Gasteiger partial charge is 0.481 e. The summed E-state index contributed by atoms with van der Waals surface area (Å²) in [5.74, 6) is -4.16. The van der Waals surface area contributed by atoms with Gasteiger partial charge in [0.25, 0.3) is 5.92 Å². The van der Waals surface area contributed by atoms with Crippen LogP contribution < -0.4 is 0 Å². The van der Waals surface area contributed by atoms with Crippen molar-refractivity contribution in [2.75, 3.05) is 0 Å². The Labute approximate surface area is 168 Å². The third kappa shape index (κ3) is 8.40. The average molecular weight is 424 g/mol. The number of allylic oxidation sites excluding steroid dienone is 2. The normalized spacial score (nSPS) is 26.8. The van der Waals surface area contributed by atoms with Gasteiger partial charge in [-0.15, -0.1) is 0 Å². The second kappa shape index (κ2) is 12.8. The summed E-state index contributed by atoms with van der Waals surface area (Å²) in [4.78, 5) is 10.5. The summed E-state index contributed by atoms with van der Waals surface area (Å²) in [5.41, 5.74) is 0. The van der Waals surface area contributed by atoms with Gasteiger partial charge in [-0.1, -0.05) is 25.5 Å². The fourth-order valence-electron chi connectivity index (χ4n) is 3.92. The molecule has 0 radical (unpaired) electrons. The fraction of sp³-hybridized carbons (Fsp3) is 0.850. The standard InChI is InChI=1S/C20H35F2O5P/c1-2-3-12-20(21,22)18(24)11-10-15-14(16(23)13-17(15)27-28)8-6-4-5-7-9-19(25)26/h4,6,14-18,23-24H,2-3,5,7-13,28H2,1H3,(H,25,26)/b6-4-/t14?,15-,16?,17?,18?/m1/s1. The van der Waals surface area contributed by atoms with E-state index in [1.807, 2.05) is 19.1 Å². The maximum Gasteiger partial charge on any atom is 0.303 e. The van der Waals surface area contributed by atoms with Crippen LogP contribution in [0.5, 0.6) is 0 Å². The lowest BCUT2D eigenvalue weighted by Gasteiger charge is -2.27. The predicted octanol–water partition coefficient (Wildman–Crippen LogP) is 4.33. The number of halogens is 2. The Hall–Kier alpha value is -0.620. The second-order valence-corrected chi connectivity index (χ2v) is 8.03. The van der Waals surface area contributed by atoms with Gasteiger partial charge in [0.15, 0.2) is 0 Å². The molecule has 1 fully saturated rings. The summed E-state index contributed by atoms with van der Waals surface area (Å²) in [7, 11) is 2.19. The number of aliphatic carboxylic acids is 1. The summed E-state index contributed by atoms with van der Waals surface area (Å²) >= 11 is 0. The molecule has 5 unspecified atom stereocenters. The van der Waals surface area contributed by atoms with Crippen LogP contribution in [0.3, 0.4) is 0 Å². The Morgan fingerprint density at radius 2 is 2.04 bits per heavy atom. The summed E-state index contributed by atoms with van der Waals surface area (Å²) in [5, 5.41) is 29.0. The van der Waals surface area contributed by atoms with Crippen LogP contribution in [0.4, 0.5) is 8.78 Å². The van der Waals surface area contributed by atoms with E-state index in [0.29, 0.717) is 44.9 Å². The number of carboxylic acid groups (broad SMARTS) is 1. The number of hydrogen-bond acceptors (Lipinski definition) is 4. The molecule has 0 saturated heterocycles. The van der Waals surface area contributed by atoms with Gasteiger partial charge in [0.05, 0.1) is 12.2 Å². The Bertz CT molecular complexity index is 489. The third-order valence-electron chi connectivity index (χ3n) is 5.63. The van der Waals surface area contributed by atoms with Crippen molar-refractivity contribution in [3.63, 3.8) is 0 Å². The number of aliphatic hydroxyl groups excluding tert-OH is 2. The van der Waals surface area contributed by atoms with E-state index < -0.39 is 24.1 Å². The molecule has 1 aliphatic rings. The summed E-state index contributed by atoms with van der Waals surface area (Å²) in [6.45, 7) is 1.84. The highest BCUT2D eigenvalue weighted by Gasteiger charge is 2.44. The van der Waals surface area contributed by atoms with Crippen LogP contribution >= 0.6 is 9.47 Å². The minimum atomic E-state index is -3.09. The van der Waals surface area contributed by atoms with Crippen molar-refractivity contribution in [3.8, 4) is 0 Å². The van der Waals surface area contributed by atoms with Gasteiger partial charge < -0.3 is 19.8 Å². The number of alkyl halides is 2. The van der Waals surface area contributed by atoms with Crippen LogP contribution in [0.15, 0.2) is 12.2 Å². The Balaban J connectivity index is 2.58. The Kier molecular flexibility index (Phi) is 11.7. The van der Waals surface area contributed by atoms with E-state index in [9.17, 15) is 23.8 Å². The van der Waals surface area contributed by atoms with Crippen LogP contribution in [0.2, 0.25) is 0 Å².